The Morgan fingerprint density at radius 2 is 1.89 bits per heavy atom. The van der Waals surface area contributed by atoms with Gasteiger partial charge >= 0.3 is 0 Å². The van der Waals surface area contributed by atoms with Crippen molar-refractivity contribution in [2.75, 3.05) is 12.4 Å². The number of nitrogens with one attached hydrogen (secondary N) is 1. The zero-order chi connectivity index (χ0) is 19.5. The zero-order valence-electron chi connectivity index (χ0n) is 16.0. The first-order chi connectivity index (χ1) is 13.6. The van der Waals surface area contributed by atoms with E-state index in [9.17, 15) is 9.59 Å². The molecule has 2 heterocycles. The number of benzene rings is 1. The summed E-state index contributed by atoms with van der Waals surface area (Å²) in [6, 6.07) is 8.67. The fourth-order valence-electron chi connectivity index (χ4n) is 3.83. The molecule has 2 aromatic rings. The number of carbonyl (C=O) groups excluding carboxylic acids is 2. The molecule has 28 heavy (non-hydrogen) atoms. The van der Waals surface area contributed by atoms with Crippen molar-refractivity contribution in [3.05, 3.63) is 35.2 Å². The highest BCUT2D eigenvalue weighted by Gasteiger charge is 2.22. The third-order valence-electron chi connectivity index (χ3n) is 5.48. The summed E-state index contributed by atoms with van der Waals surface area (Å²) in [5.41, 5.74) is 3.68. The molecule has 1 aliphatic carbocycles. The Kier molecular flexibility index (Phi) is 5.52. The summed E-state index contributed by atoms with van der Waals surface area (Å²) in [6.45, 7) is 0. The van der Waals surface area contributed by atoms with Crippen LogP contribution >= 0.6 is 11.3 Å². The van der Waals surface area contributed by atoms with Crippen LogP contribution in [0.3, 0.4) is 0 Å². The first-order valence-electron chi connectivity index (χ1n) is 9.81. The van der Waals surface area contributed by atoms with E-state index in [0.29, 0.717) is 29.6 Å². The van der Waals surface area contributed by atoms with Gasteiger partial charge in [0.15, 0.2) is 5.13 Å². The van der Waals surface area contributed by atoms with E-state index in [2.05, 4.69) is 39.7 Å². The smallest absolute Gasteiger partial charge is 0.273 e. The number of amides is 2. The van der Waals surface area contributed by atoms with E-state index < -0.39 is 0 Å². The summed E-state index contributed by atoms with van der Waals surface area (Å²) >= 11 is 1.39. The van der Waals surface area contributed by atoms with Crippen molar-refractivity contribution in [1.82, 2.24) is 9.99 Å². The molecule has 2 amide bonds. The predicted octanol–water partition coefficient (Wildman–Crippen LogP) is 4.40. The van der Waals surface area contributed by atoms with Gasteiger partial charge in [0.1, 0.15) is 5.71 Å². The molecule has 0 spiro atoms. The summed E-state index contributed by atoms with van der Waals surface area (Å²) in [5.74, 6) is 0.312. The van der Waals surface area contributed by atoms with Crippen molar-refractivity contribution in [2.24, 2.45) is 5.10 Å². The Bertz CT molecular complexity index is 897. The van der Waals surface area contributed by atoms with Gasteiger partial charge in [-0.2, -0.15) is 5.10 Å². The van der Waals surface area contributed by atoms with Crippen LogP contribution in [0.2, 0.25) is 0 Å². The minimum Gasteiger partial charge on any atom is -0.297 e. The molecule has 0 atom stereocenters. The fourth-order valence-corrected chi connectivity index (χ4v) is 4.54. The van der Waals surface area contributed by atoms with Crippen molar-refractivity contribution in [3.8, 4) is 11.3 Å². The Labute approximate surface area is 168 Å². The lowest BCUT2D eigenvalue weighted by Crippen LogP contribution is -2.34. The lowest BCUT2D eigenvalue weighted by atomic mass is 9.84. The summed E-state index contributed by atoms with van der Waals surface area (Å²) in [6.07, 6.45) is 7.26. The number of rotatable bonds is 4. The summed E-state index contributed by atoms with van der Waals surface area (Å²) < 4.78 is 0. The van der Waals surface area contributed by atoms with Gasteiger partial charge in [0.25, 0.3) is 5.91 Å². The Balaban J connectivity index is 1.42. The van der Waals surface area contributed by atoms with Gasteiger partial charge < -0.3 is 0 Å². The predicted molar refractivity (Wildman–Crippen MR) is 111 cm³/mol. The van der Waals surface area contributed by atoms with E-state index in [4.69, 9.17) is 0 Å². The lowest BCUT2D eigenvalue weighted by molar-refractivity contribution is -0.130. The monoisotopic (exact) mass is 396 g/mol. The molecule has 0 unspecified atom stereocenters. The molecule has 0 saturated heterocycles. The topological polar surface area (TPSA) is 74.7 Å². The summed E-state index contributed by atoms with van der Waals surface area (Å²) in [4.78, 5) is 28.4. The van der Waals surface area contributed by atoms with Gasteiger partial charge in [-0.05, 0) is 24.3 Å². The Hall–Kier alpha value is -2.54. The van der Waals surface area contributed by atoms with E-state index in [0.717, 1.165) is 11.3 Å². The number of hydrogen-bond donors (Lipinski definition) is 1. The van der Waals surface area contributed by atoms with Crippen molar-refractivity contribution in [3.63, 3.8) is 0 Å². The van der Waals surface area contributed by atoms with Crippen LogP contribution in [0, 0.1) is 0 Å². The van der Waals surface area contributed by atoms with Crippen molar-refractivity contribution < 1.29 is 9.59 Å². The highest BCUT2D eigenvalue weighted by atomic mass is 32.1. The second-order valence-corrected chi connectivity index (χ2v) is 8.27. The second kappa shape index (κ2) is 8.22. The van der Waals surface area contributed by atoms with Crippen molar-refractivity contribution >= 4 is 34.0 Å². The van der Waals surface area contributed by atoms with Crippen molar-refractivity contribution in [1.29, 1.82) is 0 Å². The Morgan fingerprint density at radius 3 is 2.61 bits per heavy atom. The van der Waals surface area contributed by atoms with E-state index in [-0.39, 0.29) is 11.8 Å². The molecule has 1 N–H and O–H groups in total. The van der Waals surface area contributed by atoms with Gasteiger partial charge in [-0.3, -0.25) is 14.9 Å². The molecule has 2 aliphatic rings. The third-order valence-corrected chi connectivity index (χ3v) is 6.23. The molecule has 1 aliphatic heterocycles. The minimum atomic E-state index is -0.298. The first kappa shape index (κ1) is 18.8. The van der Waals surface area contributed by atoms with Gasteiger partial charge in [0.2, 0.25) is 5.91 Å². The normalized spacial score (nSPS) is 18.1. The Morgan fingerprint density at radius 1 is 1.14 bits per heavy atom. The molecule has 1 aromatic heterocycles. The van der Waals surface area contributed by atoms with E-state index in [1.54, 1.807) is 7.05 Å². The molecule has 146 valence electrons. The van der Waals surface area contributed by atoms with Crippen LogP contribution in [0.15, 0.2) is 34.7 Å². The number of anilines is 1. The number of hydrogen-bond acceptors (Lipinski definition) is 5. The lowest BCUT2D eigenvalue weighted by Gasteiger charge is -2.22. The van der Waals surface area contributed by atoms with Gasteiger partial charge in [-0.15, -0.1) is 11.3 Å². The molecule has 4 rings (SSSR count). The highest BCUT2D eigenvalue weighted by molar-refractivity contribution is 7.14. The van der Waals surface area contributed by atoms with E-state index >= 15 is 0 Å². The van der Waals surface area contributed by atoms with Crippen LogP contribution in [0.4, 0.5) is 5.13 Å². The number of carbonyl (C=O) groups is 2. The van der Waals surface area contributed by atoms with Crippen LogP contribution in [-0.2, 0) is 9.59 Å². The summed E-state index contributed by atoms with van der Waals surface area (Å²) in [7, 11) is 1.56. The standard InChI is InChI=1S/C21H24N4O2S/c1-25-19(26)12-11-17(24-25)20(27)23-21-22-18(13-28-21)16-9-7-15(8-10-16)14-5-3-2-4-6-14/h7-10,13-14H,2-6,11-12H2,1H3,(H,22,23,27). The van der Waals surface area contributed by atoms with Crippen LogP contribution in [-0.4, -0.2) is 34.6 Å². The summed E-state index contributed by atoms with van der Waals surface area (Å²) in [5, 5.41) is 10.6. The quantitative estimate of drug-likeness (QED) is 0.832. The van der Waals surface area contributed by atoms with Crippen LogP contribution in [0.1, 0.15) is 56.4 Å². The van der Waals surface area contributed by atoms with Gasteiger partial charge in [-0.1, -0.05) is 43.5 Å². The molecule has 7 heteroatoms. The number of aromatic nitrogens is 1. The maximum absolute atomic E-state index is 12.4. The third kappa shape index (κ3) is 4.14. The SMILES string of the molecule is CN1N=C(C(=O)Nc2nc(-c3ccc(C4CCCCC4)cc3)cs2)CCC1=O. The number of nitrogens with zero attached hydrogens (tertiary/aromatic N) is 3. The molecule has 1 aromatic carbocycles. The van der Waals surface area contributed by atoms with Crippen LogP contribution in [0.5, 0.6) is 0 Å². The maximum Gasteiger partial charge on any atom is 0.273 e. The van der Waals surface area contributed by atoms with E-state index in [1.165, 1.54) is 54.0 Å². The average molecular weight is 397 g/mol. The van der Waals surface area contributed by atoms with Crippen LogP contribution < -0.4 is 5.32 Å². The minimum absolute atomic E-state index is 0.0789. The molecular weight excluding hydrogens is 372 g/mol. The molecular formula is C21H24N4O2S. The van der Waals surface area contributed by atoms with Crippen LogP contribution in [0.25, 0.3) is 11.3 Å². The molecule has 0 radical (unpaired) electrons. The van der Waals surface area contributed by atoms with Crippen molar-refractivity contribution in [2.45, 2.75) is 50.9 Å². The largest absolute Gasteiger partial charge is 0.297 e. The zero-order valence-corrected chi connectivity index (χ0v) is 16.8. The maximum atomic E-state index is 12.4. The fraction of sp³-hybridized carbons (Fsp3) is 0.429. The molecule has 1 saturated carbocycles. The van der Waals surface area contributed by atoms with Gasteiger partial charge in [-0.25, -0.2) is 9.99 Å². The number of thiazole rings is 1. The second-order valence-electron chi connectivity index (χ2n) is 7.41. The van der Waals surface area contributed by atoms with Gasteiger partial charge in [0.05, 0.1) is 5.69 Å². The molecule has 1 fully saturated rings. The molecule has 6 nitrogen and oxygen atoms in total. The van der Waals surface area contributed by atoms with Gasteiger partial charge in [0, 0.05) is 30.8 Å². The number of hydrazone groups is 1. The molecule has 0 bridgehead atoms. The first-order valence-corrected chi connectivity index (χ1v) is 10.7. The average Bonchev–Trinajstić information content (AvgIpc) is 3.19. The van der Waals surface area contributed by atoms with E-state index in [1.807, 2.05) is 5.38 Å². The highest BCUT2D eigenvalue weighted by Crippen LogP contribution is 2.34.